The number of hydrogen-bond acceptors (Lipinski definition) is 4. The van der Waals surface area contributed by atoms with E-state index in [9.17, 15) is 5.11 Å². The number of nitrogens with zero attached hydrogens (tertiary/aromatic N) is 1. The van der Waals surface area contributed by atoms with Crippen molar-refractivity contribution < 1.29 is 14.6 Å². The smallest absolute Gasteiger partial charge is 0.231 e. The monoisotopic (exact) mass is 271 g/mol. The maximum atomic E-state index is 10.7. The molecule has 3 aliphatic heterocycles. The van der Waals surface area contributed by atoms with Crippen LogP contribution in [0.25, 0.3) is 0 Å². The van der Waals surface area contributed by atoms with Crippen molar-refractivity contribution in [3.8, 4) is 11.5 Å². The highest BCUT2D eigenvalue weighted by molar-refractivity contribution is 5.56. The predicted octanol–water partition coefficient (Wildman–Crippen LogP) is 1.56. The lowest BCUT2D eigenvalue weighted by molar-refractivity contribution is 0.130. The van der Waals surface area contributed by atoms with Crippen molar-refractivity contribution in [3.63, 3.8) is 0 Å². The minimum atomic E-state index is -0.328. The first kappa shape index (κ1) is 11.2. The van der Waals surface area contributed by atoms with Gasteiger partial charge in [-0.25, -0.2) is 0 Å². The van der Waals surface area contributed by atoms with Gasteiger partial charge in [-0.3, -0.25) is 4.90 Å². The van der Waals surface area contributed by atoms with Crippen LogP contribution in [0.3, 0.4) is 0 Å². The van der Waals surface area contributed by atoms with Crippen molar-refractivity contribution >= 4 is 0 Å². The van der Waals surface area contributed by atoms with E-state index in [1.807, 2.05) is 0 Å². The quantitative estimate of drug-likeness (QED) is 0.727. The summed E-state index contributed by atoms with van der Waals surface area (Å²) in [4.78, 5) is 2.43. The lowest BCUT2D eigenvalue weighted by Gasteiger charge is -2.45. The minimum absolute atomic E-state index is 0.243. The summed E-state index contributed by atoms with van der Waals surface area (Å²) >= 11 is 0. The van der Waals surface area contributed by atoms with Crippen molar-refractivity contribution in [2.75, 3.05) is 13.3 Å². The van der Waals surface area contributed by atoms with Gasteiger partial charge in [-0.15, -0.1) is 0 Å². The fraction of sp³-hybridized carbons (Fsp3) is 0.500. The van der Waals surface area contributed by atoms with E-state index in [4.69, 9.17) is 9.47 Å². The first-order valence-corrected chi connectivity index (χ1v) is 7.32. The van der Waals surface area contributed by atoms with E-state index in [2.05, 4.69) is 29.2 Å². The molecule has 0 amide bonds. The highest BCUT2D eigenvalue weighted by atomic mass is 16.7. The van der Waals surface area contributed by atoms with Crippen molar-refractivity contribution in [1.29, 1.82) is 0 Å². The number of hydrogen-bond donors (Lipinski definition) is 1. The van der Waals surface area contributed by atoms with Gasteiger partial charge in [0.05, 0.1) is 11.5 Å². The molecule has 1 aromatic carbocycles. The van der Waals surface area contributed by atoms with Gasteiger partial charge >= 0.3 is 0 Å². The molecule has 3 heterocycles. The Kier molecular flexibility index (Phi) is 1.99. The summed E-state index contributed by atoms with van der Waals surface area (Å²) in [5.41, 5.74) is 2.27. The predicted molar refractivity (Wildman–Crippen MR) is 72.8 cm³/mol. The van der Waals surface area contributed by atoms with Crippen LogP contribution in [0.4, 0.5) is 0 Å². The number of aliphatic hydroxyl groups excluding tert-OH is 1. The van der Waals surface area contributed by atoms with E-state index in [1.54, 1.807) is 0 Å². The van der Waals surface area contributed by atoms with E-state index in [1.165, 1.54) is 11.1 Å². The fourth-order valence-electron chi connectivity index (χ4n) is 4.56. The van der Waals surface area contributed by atoms with Gasteiger partial charge in [0, 0.05) is 19.1 Å². The van der Waals surface area contributed by atoms with E-state index < -0.39 is 0 Å². The Morgan fingerprint density at radius 2 is 2.10 bits per heavy atom. The Labute approximate surface area is 117 Å². The Morgan fingerprint density at radius 1 is 1.25 bits per heavy atom. The molecule has 0 aromatic heterocycles. The Morgan fingerprint density at radius 3 is 3.00 bits per heavy atom. The van der Waals surface area contributed by atoms with Gasteiger partial charge in [0.1, 0.15) is 0 Å². The molecule has 104 valence electrons. The number of fused-ring (bicyclic) bond motifs is 2. The van der Waals surface area contributed by atoms with Crippen LogP contribution in [0.15, 0.2) is 24.3 Å². The fourth-order valence-corrected chi connectivity index (χ4v) is 4.56. The average molecular weight is 271 g/mol. The summed E-state index contributed by atoms with van der Waals surface area (Å²) in [5.74, 6) is 1.66. The lowest BCUT2D eigenvalue weighted by Crippen LogP contribution is -2.49. The molecule has 4 atom stereocenters. The molecule has 1 fully saturated rings. The second-order valence-corrected chi connectivity index (χ2v) is 6.24. The van der Waals surface area contributed by atoms with Crippen LogP contribution in [-0.2, 0) is 12.0 Å². The molecule has 1 unspecified atom stereocenters. The first-order valence-electron chi connectivity index (χ1n) is 7.32. The molecule has 20 heavy (non-hydrogen) atoms. The molecular weight excluding hydrogens is 254 g/mol. The summed E-state index contributed by atoms with van der Waals surface area (Å²) in [5, 5.41) is 10.7. The van der Waals surface area contributed by atoms with Gasteiger partial charge in [-0.2, -0.15) is 0 Å². The summed E-state index contributed by atoms with van der Waals surface area (Å²) in [6.45, 7) is 1.97. The van der Waals surface area contributed by atoms with E-state index >= 15 is 0 Å². The van der Waals surface area contributed by atoms with Crippen LogP contribution in [-0.4, -0.2) is 35.5 Å². The van der Waals surface area contributed by atoms with Gasteiger partial charge in [0.25, 0.3) is 0 Å². The summed E-state index contributed by atoms with van der Waals surface area (Å²) in [7, 11) is 0. The van der Waals surface area contributed by atoms with E-state index in [-0.39, 0.29) is 11.5 Å². The number of benzene rings is 1. The molecule has 4 aliphatic rings. The molecule has 2 bridgehead atoms. The second kappa shape index (κ2) is 3.57. The average Bonchev–Trinajstić information content (AvgIpc) is 2.99. The maximum absolute atomic E-state index is 10.7. The van der Waals surface area contributed by atoms with E-state index in [0.717, 1.165) is 37.4 Å². The topological polar surface area (TPSA) is 41.9 Å². The maximum Gasteiger partial charge on any atom is 0.231 e. The molecule has 1 N–H and O–H groups in total. The van der Waals surface area contributed by atoms with E-state index in [0.29, 0.717) is 12.8 Å². The molecule has 0 spiro atoms. The Bertz CT molecular complexity index is 626. The molecule has 1 saturated heterocycles. The second-order valence-electron chi connectivity index (χ2n) is 6.24. The highest BCUT2D eigenvalue weighted by Gasteiger charge is 2.57. The van der Waals surface area contributed by atoms with Crippen molar-refractivity contribution in [2.45, 2.75) is 36.9 Å². The highest BCUT2D eigenvalue weighted by Crippen LogP contribution is 2.53. The van der Waals surface area contributed by atoms with Crippen LogP contribution in [0, 0.1) is 0 Å². The van der Waals surface area contributed by atoms with Gasteiger partial charge < -0.3 is 14.6 Å². The van der Waals surface area contributed by atoms with Gasteiger partial charge in [-0.05, 0) is 36.1 Å². The molecule has 1 aromatic rings. The number of aliphatic hydroxyl groups is 1. The van der Waals surface area contributed by atoms with Crippen LogP contribution < -0.4 is 9.47 Å². The molecule has 5 rings (SSSR count). The molecule has 0 saturated carbocycles. The lowest BCUT2D eigenvalue weighted by atomic mass is 9.66. The van der Waals surface area contributed by atoms with Crippen molar-refractivity contribution in [3.05, 3.63) is 35.4 Å². The van der Waals surface area contributed by atoms with Crippen LogP contribution in [0.5, 0.6) is 11.5 Å². The number of allylic oxidation sites excluding steroid dienone is 1. The molecule has 1 aliphatic carbocycles. The van der Waals surface area contributed by atoms with Gasteiger partial charge in [0.15, 0.2) is 11.5 Å². The normalized spacial score (nSPS) is 39.5. The largest absolute Gasteiger partial charge is 0.454 e. The third-order valence-electron chi connectivity index (χ3n) is 5.39. The zero-order chi connectivity index (χ0) is 13.3. The molecule has 0 radical (unpaired) electrons. The Balaban J connectivity index is 1.78. The van der Waals surface area contributed by atoms with Crippen LogP contribution in [0.2, 0.25) is 0 Å². The standard InChI is InChI=1S/C16H17NO3/c18-15-8-17-7-10-5-12-13(20-9-19-12)6-11(10)16(15)4-2-1-3-14(16)17/h2,4-6,14-15,18H,1,3,7-9H2/t14-,15+,16+/m0/s1. The third-order valence-corrected chi connectivity index (χ3v) is 5.39. The Hall–Kier alpha value is -1.52. The van der Waals surface area contributed by atoms with Gasteiger partial charge in [-0.1, -0.05) is 12.2 Å². The first-order chi connectivity index (χ1) is 9.79. The van der Waals surface area contributed by atoms with Gasteiger partial charge in [0.2, 0.25) is 6.79 Å². The number of rotatable bonds is 0. The third kappa shape index (κ3) is 1.15. The summed E-state index contributed by atoms with van der Waals surface area (Å²) in [6.07, 6.45) is 6.37. The van der Waals surface area contributed by atoms with Crippen molar-refractivity contribution in [2.24, 2.45) is 0 Å². The van der Waals surface area contributed by atoms with Crippen molar-refractivity contribution in [1.82, 2.24) is 4.90 Å². The summed E-state index contributed by atoms with van der Waals surface area (Å²) in [6, 6.07) is 4.63. The minimum Gasteiger partial charge on any atom is -0.454 e. The molecular formula is C16H17NO3. The van der Waals surface area contributed by atoms with Crippen LogP contribution in [0.1, 0.15) is 24.0 Å². The summed E-state index contributed by atoms with van der Waals surface area (Å²) < 4.78 is 11.0. The zero-order valence-electron chi connectivity index (χ0n) is 11.2. The SMILES string of the molecule is O[C@@H]1CN2Cc3cc4c(cc3[C@@]13C=CCC[C@H]23)OCO4. The van der Waals surface area contributed by atoms with Crippen LogP contribution >= 0.6 is 0 Å². The molecule has 4 nitrogen and oxygen atoms in total. The zero-order valence-corrected chi connectivity index (χ0v) is 11.2. The molecule has 4 heteroatoms. The number of ether oxygens (including phenoxy) is 2.